The second kappa shape index (κ2) is 12.9. The van der Waals surface area contributed by atoms with Gasteiger partial charge >= 0.3 is 0 Å². The molecule has 16 nitrogen and oxygen atoms in total. The van der Waals surface area contributed by atoms with E-state index in [1.807, 2.05) is 0 Å². The van der Waals surface area contributed by atoms with E-state index < -0.39 is 106 Å². The molecule has 0 spiro atoms. The second-order valence-corrected chi connectivity index (χ2v) is 8.01. The number of hydrogen-bond acceptors (Lipinski definition) is 16. The maximum atomic E-state index is 11.4. The smallest absolute Gasteiger partial charge is 0.187 e. The molecule has 2 unspecified atom stereocenters. The third-order valence-corrected chi connectivity index (χ3v) is 5.63. The van der Waals surface area contributed by atoms with Crippen molar-refractivity contribution < 1.29 is 79.9 Å². The first-order valence-electron chi connectivity index (χ1n) is 10.4. The van der Waals surface area contributed by atoms with Crippen LogP contribution in [-0.2, 0) is 23.7 Å². The lowest BCUT2D eigenvalue weighted by molar-refractivity contribution is -0.317. The second-order valence-electron chi connectivity index (χ2n) is 8.01. The van der Waals surface area contributed by atoms with Crippen LogP contribution >= 0.6 is 0 Å². The lowest BCUT2D eigenvalue weighted by Crippen LogP contribution is -2.61. The lowest BCUT2D eigenvalue weighted by atomic mass is 9.99. The molecule has 0 aromatic rings. The standard InChI is InChI=1S/C18H32O16/c19-1-6(33-18-16(30)14(28)12(26)8(3-21)34-18)10(24)9(23)5(22)4-31-17-15(29)13(27)11(25)7(2-20)32-17/h1,5-18,20-30H,2-4H2/t5-,6+,7-,8-,9-,10-,11-,12-,13+,14+,15-,16-,17?,18?/m1/s1. The van der Waals surface area contributed by atoms with E-state index in [0.29, 0.717) is 0 Å². The van der Waals surface area contributed by atoms with Crippen molar-refractivity contribution >= 4 is 6.29 Å². The van der Waals surface area contributed by atoms with Crippen LogP contribution in [0.4, 0.5) is 0 Å². The molecule has 2 fully saturated rings. The third-order valence-electron chi connectivity index (χ3n) is 5.63. The first-order chi connectivity index (χ1) is 16.0. The average Bonchev–Trinajstić information content (AvgIpc) is 2.84. The number of carbonyl (C=O) groups is 1. The van der Waals surface area contributed by atoms with Gasteiger partial charge in [0.15, 0.2) is 18.9 Å². The van der Waals surface area contributed by atoms with Gasteiger partial charge in [-0.05, 0) is 0 Å². The highest BCUT2D eigenvalue weighted by Gasteiger charge is 2.47. The van der Waals surface area contributed by atoms with Gasteiger partial charge in [0.2, 0.25) is 0 Å². The Kier molecular flexibility index (Phi) is 11.1. The van der Waals surface area contributed by atoms with Crippen LogP contribution in [-0.4, -0.2) is 168 Å². The molecule has 2 aliphatic heterocycles. The van der Waals surface area contributed by atoms with Crippen molar-refractivity contribution in [1.82, 2.24) is 0 Å². The first-order valence-corrected chi connectivity index (χ1v) is 10.4. The van der Waals surface area contributed by atoms with Crippen LogP contribution in [0.3, 0.4) is 0 Å². The van der Waals surface area contributed by atoms with Crippen molar-refractivity contribution in [2.24, 2.45) is 0 Å². The minimum atomic E-state index is -2.14. The Morgan fingerprint density at radius 1 is 0.706 bits per heavy atom. The number of ether oxygens (including phenoxy) is 4. The van der Waals surface area contributed by atoms with E-state index in [-0.39, 0.29) is 6.29 Å². The summed E-state index contributed by atoms with van der Waals surface area (Å²) in [5, 5.41) is 108. The van der Waals surface area contributed by atoms with Gasteiger partial charge in [0, 0.05) is 0 Å². The lowest BCUT2D eigenvalue weighted by Gasteiger charge is -2.41. The molecule has 0 aromatic carbocycles. The van der Waals surface area contributed by atoms with Crippen LogP contribution in [0.1, 0.15) is 0 Å². The molecule has 2 aliphatic rings. The van der Waals surface area contributed by atoms with E-state index in [4.69, 9.17) is 24.1 Å². The molecule has 34 heavy (non-hydrogen) atoms. The zero-order valence-electron chi connectivity index (χ0n) is 17.7. The van der Waals surface area contributed by atoms with E-state index in [1.165, 1.54) is 0 Å². The summed E-state index contributed by atoms with van der Waals surface area (Å²) in [5.41, 5.74) is 0. The monoisotopic (exact) mass is 504 g/mol. The fourth-order valence-corrected chi connectivity index (χ4v) is 3.45. The van der Waals surface area contributed by atoms with Gasteiger partial charge < -0.3 is 79.9 Å². The highest BCUT2D eigenvalue weighted by atomic mass is 16.7. The van der Waals surface area contributed by atoms with Crippen molar-refractivity contribution in [3.8, 4) is 0 Å². The van der Waals surface area contributed by atoms with Crippen LogP contribution in [0.15, 0.2) is 0 Å². The van der Waals surface area contributed by atoms with Gasteiger partial charge in [0.1, 0.15) is 73.2 Å². The Balaban J connectivity index is 1.95. The molecule has 0 bridgehead atoms. The van der Waals surface area contributed by atoms with Crippen LogP contribution in [0, 0.1) is 0 Å². The Labute approximate surface area is 192 Å². The molecule has 2 saturated heterocycles. The third kappa shape index (κ3) is 6.44. The molecule has 0 saturated carbocycles. The molecule has 0 radical (unpaired) electrons. The maximum Gasteiger partial charge on any atom is 0.187 e. The Morgan fingerprint density at radius 3 is 1.65 bits per heavy atom. The number of rotatable bonds is 11. The number of hydrogen-bond donors (Lipinski definition) is 11. The summed E-state index contributed by atoms with van der Waals surface area (Å²) >= 11 is 0. The minimum absolute atomic E-state index is 0.000499. The molecule has 0 aliphatic carbocycles. The fraction of sp³-hybridized carbons (Fsp3) is 0.944. The van der Waals surface area contributed by atoms with Crippen LogP contribution in [0.5, 0.6) is 0 Å². The van der Waals surface area contributed by atoms with Crippen LogP contribution in [0.2, 0.25) is 0 Å². The summed E-state index contributed by atoms with van der Waals surface area (Å²) < 4.78 is 20.2. The van der Waals surface area contributed by atoms with Crippen molar-refractivity contribution in [1.29, 1.82) is 0 Å². The highest BCUT2D eigenvalue weighted by Crippen LogP contribution is 2.25. The van der Waals surface area contributed by atoms with E-state index in [1.54, 1.807) is 0 Å². The van der Waals surface area contributed by atoms with E-state index >= 15 is 0 Å². The minimum Gasteiger partial charge on any atom is -0.394 e. The van der Waals surface area contributed by atoms with Crippen molar-refractivity contribution in [2.75, 3.05) is 19.8 Å². The molecule has 0 aromatic heterocycles. The summed E-state index contributed by atoms with van der Waals surface area (Å²) in [4.78, 5) is 11.4. The average molecular weight is 504 g/mol. The van der Waals surface area contributed by atoms with Gasteiger partial charge in [0.25, 0.3) is 0 Å². The van der Waals surface area contributed by atoms with Crippen LogP contribution < -0.4 is 0 Å². The Hall–Kier alpha value is -0.930. The van der Waals surface area contributed by atoms with Gasteiger partial charge in [-0.1, -0.05) is 0 Å². The SMILES string of the molecule is O=C[C@H](OC1O[C@H](CO)[C@@H](O)[C@H](O)[C@H]1O)[C@@H](O)[C@H](O)[C@H](O)COC1O[C@H](CO)[C@@H](O)[C@H](O)[C@H]1O. The highest BCUT2D eigenvalue weighted by molar-refractivity contribution is 5.57. The Bertz CT molecular complexity index is 621. The maximum absolute atomic E-state index is 11.4. The predicted molar refractivity (Wildman–Crippen MR) is 102 cm³/mol. The van der Waals surface area contributed by atoms with Crippen molar-refractivity contribution in [2.45, 2.75) is 85.8 Å². The van der Waals surface area contributed by atoms with Gasteiger partial charge in [-0.3, -0.25) is 0 Å². The summed E-state index contributed by atoms with van der Waals surface area (Å²) in [7, 11) is 0. The number of carbonyl (C=O) groups excluding carboxylic acids is 1. The van der Waals surface area contributed by atoms with Gasteiger partial charge in [-0.2, -0.15) is 0 Å². The fourth-order valence-electron chi connectivity index (χ4n) is 3.45. The number of aliphatic hydroxyl groups excluding tert-OH is 11. The van der Waals surface area contributed by atoms with Crippen LogP contribution in [0.25, 0.3) is 0 Å². The predicted octanol–water partition coefficient (Wildman–Crippen LogP) is -7.73. The zero-order chi connectivity index (χ0) is 25.7. The summed E-state index contributed by atoms with van der Waals surface area (Å²) in [6, 6.07) is 0. The number of aldehydes is 1. The van der Waals surface area contributed by atoms with Crippen molar-refractivity contribution in [3.05, 3.63) is 0 Å². The zero-order valence-corrected chi connectivity index (χ0v) is 17.7. The molecular weight excluding hydrogens is 472 g/mol. The summed E-state index contributed by atoms with van der Waals surface area (Å²) in [6.45, 7) is -2.34. The van der Waals surface area contributed by atoms with E-state index in [0.717, 1.165) is 0 Å². The largest absolute Gasteiger partial charge is 0.394 e. The molecule has 2 heterocycles. The van der Waals surface area contributed by atoms with E-state index in [9.17, 15) is 55.9 Å². The molecule has 16 heteroatoms. The molecular formula is C18H32O16. The molecule has 0 amide bonds. The molecule has 200 valence electrons. The van der Waals surface area contributed by atoms with E-state index in [2.05, 4.69) is 0 Å². The van der Waals surface area contributed by atoms with Gasteiger partial charge in [-0.25, -0.2) is 0 Å². The Morgan fingerprint density at radius 2 is 1.18 bits per heavy atom. The molecule has 14 atom stereocenters. The normalized spacial score (nSPS) is 42.6. The molecule has 11 N–H and O–H groups in total. The van der Waals surface area contributed by atoms with Crippen molar-refractivity contribution in [3.63, 3.8) is 0 Å². The quantitative estimate of drug-likeness (QED) is 0.117. The first kappa shape index (κ1) is 29.3. The summed E-state index contributed by atoms with van der Waals surface area (Å²) in [5.74, 6) is 0. The molecule has 2 rings (SSSR count). The summed E-state index contributed by atoms with van der Waals surface area (Å²) in [6.07, 6.45) is -24.8. The van der Waals surface area contributed by atoms with Gasteiger partial charge in [0.05, 0.1) is 19.8 Å². The topological polar surface area (TPSA) is 277 Å². The number of aliphatic hydroxyl groups is 11. The van der Waals surface area contributed by atoms with Gasteiger partial charge in [-0.15, -0.1) is 0 Å².